The Morgan fingerprint density at radius 3 is 2.56 bits per heavy atom. The molecule has 0 N–H and O–H groups in total. The average molecular weight is 248 g/mol. The predicted octanol–water partition coefficient (Wildman–Crippen LogP) is 0.482. The maximum absolute atomic E-state index is 12.1. The molecule has 0 amide bonds. The molecule has 1 aliphatic heterocycles. The Morgan fingerprint density at radius 1 is 1.44 bits per heavy atom. The Morgan fingerprint density at radius 2 is 2.06 bits per heavy atom. The molecule has 0 saturated carbocycles. The summed E-state index contributed by atoms with van der Waals surface area (Å²) in [5.41, 5.74) is 0. The molecule has 6 heteroatoms. The summed E-state index contributed by atoms with van der Waals surface area (Å²) in [5, 5.41) is 0. The molecule has 0 aromatic rings. The molecular weight excluding hydrogens is 228 g/mol. The van der Waals surface area contributed by atoms with Gasteiger partial charge in [-0.3, -0.25) is 0 Å². The van der Waals surface area contributed by atoms with E-state index < -0.39 is 10.2 Å². The van der Waals surface area contributed by atoms with Crippen LogP contribution >= 0.6 is 0 Å². The smallest absolute Gasteiger partial charge is 0.281 e. The summed E-state index contributed by atoms with van der Waals surface area (Å²) in [6, 6.07) is -0.0680. The van der Waals surface area contributed by atoms with E-state index in [9.17, 15) is 13.2 Å². The second-order valence-electron chi connectivity index (χ2n) is 4.51. The Balaban J connectivity index is 2.79. The molecule has 1 heterocycles. The molecule has 1 aliphatic rings. The van der Waals surface area contributed by atoms with Gasteiger partial charge in [-0.15, -0.1) is 0 Å². The van der Waals surface area contributed by atoms with E-state index in [0.29, 0.717) is 13.1 Å². The first-order chi connectivity index (χ1) is 7.39. The Labute approximate surface area is 97.6 Å². The van der Waals surface area contributed by atoms with Gasteiger partial charge in [-0.25, -0.2) is 0 Å². The van der Waals surface area contributed by atoms with Gasteiger partial charge < -0.3 is 4.79 Å². The van der Waals surface area contributed by atoms with E-state index in [1.807, 2.05) is 13.8 Å². The SMILES string of the molecule is CC(C)N(C)S(=O)(=O)N1CCCC(C=O)C1. The van der Waals surface area contributed by atoms with E-state index in [4.69, 9.17) is 0 Å². The number of hydrogen-bond acceptors (Lipinski definition) is 3. The average Bonchev–Trinajstić information content (AvgIpc) is 2.27. The van der Waals surface area contributed by atoms with Crippen molar-refractivity contribution in [3.8, 4) is 0 Å². The number of hydrogen-bond donors (Lipinski definition) is 0. The molecule has 16 heavy (non-hydrogen) atoms. The standard InChI is InChI=1S/C10H20N2O3S/c1-9(2)11(3)16(14,15)12-6-4-5-10(7-12)8-13/h8-10H,4-7H2,1-3H3. The number of carbonyl (C=O) groups is 1. The number of carbonyl (C=O) groups excluding carboxylic acids is 1. The molecule has 1 rings (SSSR count). The highest BCUT2D eigenvalue weighted by Gasteiger charge is 2.32. The van der Waals surface area contributed by atoms with Crippen molar-refractivity contribution in [1.82, 2.24) is 8.61 Å². The molecule has 0 aliphatic carbocycles. The van der Waals surface area contributed by atoms with E-state index in [2.05, 4.69) is 0 Å². The van der Waals surface area contributed by atoms with Crippen molar-refractivity contribution < 1.29 is 13.2 Å². The van der Waals surface area contributed by atoms with Gasteiger partial charge >= 0.3 is 0 Å². The summed E-state index contributed by atoms with van der Waals surface area (Å²) < 4.78 is 27.0. The summed E-state index contributed by atoms with van der Waals surface area (Å²) in [6.07, 6.45) is 2.41. The van der Waals surface area contributed by atoms with Gasteiger partial charge in [0.1, 0.15) is 6.29 Å². The van der Waals surface area contributed by atoms with Gasteiger partial charge in [-0.2, -0.15) is 17.0 Å². The van der Waals surface area contributed by atoms with Crippen LogP contribution in [0.2, 0.25) is 0 Å². The van der Waals surface area contributed by atoms with E-state index >= 15 is 0 Å². The summed E-state index contributed by atoms with van der Waals surface area (Å²) >= 11 is 0. The molecule has 0 radical (unpaired) electrons. The van der Waals surface area contributed by atoms with Crippen molar-refractivity contribution in [2.45, 2.75) is 32.7 Å². The van der Waals surface area contributed by atoms with Crippen LogP contribution in [0.3, 0.4) is 0 Å². The number of aldehydes is 1. The lowest BCUT2D eigenvalue weighted by atomic mass is 10.0. The lowest BCUT2D eigenvalue weighted by Gasteiger charge is -2.33. The Hall–Kier alpha value is -0.460. The first-order valence-corrected chi connectivity index (χ1v) is 6.97. The van der Waals surface area contributed by atoms with Crippen LogP contribution in [-0.4, -0.2) is 49.5 Å². The molecule has 0 aromatic heterocycles. The van der Waals surface area contributed by atoms with Crippen LogP contribution in [0.25, 0.3) is 0 Å². The molecule has 1 fully saturated rings. The minimum absolute atomic E-state index is 0.0680. The molecule has 1 unspecified atom stereocenters. The number of nitrogens with zero attached hydrogens (tertiary/aromatic N) is 2. The highest BCUT2D eigenvalue weighted by atomic mass is 32.2. The zero-order chi connectivity index (χ0) is 12.3. The molecule has 0 aromatic carbocycles. The third-order valence-electron chi connectivity index (χ3n) is 3.03. The first-order valence-electron chi connectivity index (χ1n) is 5.58. The monoisotopic (exact) mass is 248 g/mol. The molecular formula is C10H20N2O3S. The Bertz CT molecular complexity index is 340. The largest absolute Gasteiger partial charge is 0.303 e. The van der Waals surface area contributed by atoms with E-state index in [0.717, 1.165) is 19.1 Å². The van der Waals surface area contributed by atoms with Crippen molar-refractivity contribution in [3.05, 3.63) is 0 Å². The summed E-state index contributed by atoms with van der Waals surface area (Å²) in [6.45, 7) is 4.50. The quantitative estimate of drug-likeness (QED) is 0.680. The van der Waals surface area contributed by atoms with Crippen molar-refractivity contribution in [2.24, 2.45) is 5.92 Å². The topological polar surface area (TPSA) is 57.7 Å². The minimum atomic E-state index is -3.40. The highest BCUT2D eigenvalue weighted by molar-refractivity contribution is 7.86. The first kappa shape index (κ1) is 13.6. The fraction of sp³-hybridized carbons (Fsp3) is 0.900. The van der Waals surface area contributed by atoms with Gasteiger partial charge in [-0.05, 0) is 26.7 Å². The van der Waals surface area contributed by atoms with Gasteiger partial charge in [0, 0.05) is 32.1 Å². The minimum Gasteiger partial charge on any atom is -0.303 e. The van der Waals surface area contributed by atoms with Crippen LogP contribution in [0, 0.1) is 5.92 Å². The summed E-state index contributed by atoms with van der Waals surface area (Å²) in [7, 11) is -1.82. The molecule has 5 nitrogen and oxygen atoms in total. The van der Waals surface area contributed by atoms with Crippen LogP contribution in [0.4, 0.5) is 0 Å². The highest BCUT2D eigenvalue weighted by Crippen LogP contribution is 2.20. The molecule has 0 bridgehead atoms. The number of rotatable bonds is 4. The van der Waals surface area contributed by atoms with Crippen LogP contribution in [0.5, 0.6) is 0 Å². The van der Waals surface area contributed by atoms with Crippen molar-refractivity contribution in [2.75, 3.05) is 20.1 Å². The molecule has 94 valence electrons. The van der Waals surface area contributed by atoms with Crippen LogP contribution in [0.1, 0.15) is 26.7 Å². The van der Waals surface area contributed by atoms with E-state index in [1.165, 1.54) is 8.61 Å². The van der Waals surface area contributed by atoms with Crippen molar-refractivity contribution in [1.29, 1.82) is 0 Å². The maximum atomic E-state index is 12.1. The van der Waals surface area contributed by atoms with Gasteiger partial charge in [0.05, 0.1) is 0 Å². The maximum Gasteiger partial charge on any atom is 0.281 e. The zero-order valence-corrected chi connectivity index (χ0v) is 10.9. The second-order valence-corrected chi connectivity index (χ2v) is 6.50. The third kappa shape index (κ3) is 2.81. The van der Waals surface area contributed by atoms with Crippen LogP contribution in [-0.2, 0) is 15.0 Å². The number of piperidine rings is 1. The zero-order valence-electron chi connectivity index (χ0n) is 10.1. The lowest BCUT2D eigenvalue weighted by molar-refractivity contribution is -0.112. The van der Waals surface area contributed by atoms with Crippen LogP contribution in [0.15, 0.2) is 0 Å². The summed E-state index contributed by atoms with van der Waals surface area (Å²) in [5.74, 6) is -0.149. The normalized spacial score (nSPS) is 23.9. The third-order valence-corrected chi connectivity index (χ3v) is 5.16. The van der Waals surface area contributed by atoms with Gasteiger partial charge in [-0.1, -0.05) is 0 Å². The van der Waals surface area contributed by atoms with Crippen LogP contribution < -0.4 is 0 Å². The molecule has 1 atom stereocenters. The predicted molar refractivity (Wildman–Crippen MR) is 62.2 cm³/mol. The lowest BCUT2D eigenvalue weighted by Crippen LogP contribution is -2.48. The van der Waals surface area contributed by atoms with Gasteiger partial charge in [0.15, 0.2) is 0 Å². The van der Waals surface area contributed by atoms with Gasteiger partial charge in [0.2, 0.25) is 0 Å². The van der Waals surface area contributed by atoms with E-state index in [-0.39, 0.29) is 12.0 Å². The fourth-order valence-electron chi connectivity index (χ4n) is 1.74. The second kappa shape index (κ2) is 5.25. The van der Waals surface area contributed by atoms with Gasteiger partial charge in [0.25, 0.3) is 10.2 Å². The van der Waals surface area contributed by atoms with Crippen molar-refractivity contribution >= 4 is 16.5 Å². The fourth-order valence-corrected chi connectivity index (χ4v) is 3.38. The summed E-state index contributed by atoms with van der Waals surface area (Å²) in [4.78, 5) is 10.7. The molecule has 0 spiro atoms. The van der Waals surface area contributed by atoms with Crippen molar-refractivity contribution in [3.63, 3.8) is 0 Å². The molecule has 1 saturated heterocycles. The van der Waals surface area contributed by atoms with E-state index in [1.54, 1.807) is 7.05 Å². The Kier molecular flexibility index (Phi) is 4.46.